The highest BCUT2D eigenvalue weighted by atomic mass is 16.2. The summed E-state index contributed by atoms with van der Waals surface area (Å²) in [4.78, 5) is 43.4. The van der Waals surface area contributed by atoms with Gasteiger partial charge in [0.15, 0.2) is 0 Å². The van der Waals surface area contributed by atoms with Crippen molar-refractivity contribution in [3.8, 4) is 0 Å². The van der Waals surface area contributed by atoms with Gasteiger partial charge in [0.2, 0.25) is 17.7 Å². The van der Waals surface area contributed by atoms with E-state index in [2.05, 4.69) is 13.8 Å². The molecule has 0 bridgehead atoms. The molecule has 140 valence electrons. The maximum Gasteiger partial charge on any atom is 0.247 e. The van der Waals surface area contributed by atoms with Crippen LogP contribution < -0.4 is 0 Å². The fourth-order valence-corrected chi connectivity index (χ4v) is 4.45. The molecule has 2 saturated heterocycles. The third-order valence-corrected chi connectivity index (χ3v) is 5.72. The summed E-state index contributed by atoms with van der Waals surface area (Å²) in [5.74, 6) is 1.03. The van der Waals surface area contributed by atoms with Crippen LogP contribution in [-0.4, -0.2) is 71.2 Å². The van der Waals surface area contributed by atoms with Gasteiger partial charge in [-0.1, -0.05) is 26.7 Å². The molecule has 0 radical (unpaired) electrons. The lowest BCUT2D eigenvalue weighted by molar-refractivity contribution is -0.156. The van der Waals surface area contributed by atoms with Crippen molar-refractivity contribution in [2.75, 3.05) is 32.7 Å². The molecule has 2 aliphatic heterocycles. The van der Waals surface area contributed by atoms with Crippen molar-refractivity contribution < 1.29 is 14.4 Å². The first kappa shape index (κ1) is 18.2. The van der Waals surface area contributed by atoms with Crippen molar-refractivity contribution in [2.24, 2.45) is 11.8 Å². The van der Waals surface area contributed by atoms with Gasteiger partial charge in [-0.05, 0) is 31.1 Å². The van der Waals surface area contributed by atoms with E-state index in [4.69, 9.17) is 0 Å². The second-order valence-corrected chi connectivity index (χ2v) is 8.26. The molecule has 0 aromatic rings. The highest BCUT2D eigenvalue weighted by molar-refractivity contribution is 5.95. The summed E-state index contributed by atoms with van der Waals surface area (Å²) in [7, 11) is 0. The van der Waals surface area contributed by atoms with Gasteiger partial charge in [-0.3, -0.25) is 14.4 Å². The first-order valence-electron chi connectivity index (χ1n) is 9.81. The van der Waals surface area contributed by atoms with E-state index in [1.807, 2.05) is 4.90 Å². The number of rotatable bonds is 4. The third-order valence-electron chi connectivity index (χ3n) is 5.72. The van der Waals surface area contributed by atoms with Crippen molar-refractivity contribution in [1.82, 2.24) is 14.7 Å². The van der Waals surface area contributed by atoms with E-state index in [9.17, 15) is 14.4 Å². The summed E-state index contributed by atoms with van der Waals surface area (Å²) in [5, 5.41) is 0. The molecular weight excluding hydrogens is 318 g/mol. The molecule has 6 heteroatoms. The van der Waals surface area contributed by atoms with Crippen LogP contribution in [-0.2, 0) is 14.4 Å². The smallest absolute Gasteiger partial charge is 0.247 e. The number of carbonyl (C=O) groups is 3. The zero-order valence-electron chi connectivity index (χ0n) is 15.6. The first-order chi connectivity index (χ1) is 12.0. The van der Waals surface area contributed by atoms with Gasteiger partial charge in [-0.2, -0.15) is 0 Å². The lowest BCUT2D eigenvalue weighted by Gasteiger charge is -2.40. The predicted molar refractivity (Wildman–Crippen MR) is 94.7 cm³/mol. The Balaban J connectivity index is 1.68. The summed E-state index contributed by atoms with van der Waals surface area (Å²) in [6.45, 7) is 6.49. The van der Waals surface area contributed by atoms with Crippen LogP contribution in [0.1, 0.15) is 52.4 Å². The number of fused-ring (bicyclic) bond motifs is 1. The van der Waals surface area contributed by atoms with Gasteiger partial charge in [0.1, 0.15) is 6.04 Å². The van der Waals surface area contributed by atoms with Crippen LogP contribution >= 0.6 is 0 Å². The van der Waals surface area contributed by atoms with Crippen molar-refractivity contribution in [2.45, 2.75) is 58.4 Å². The SMILES string of the molecule is CC(C)CN1CC(=O)N2CCCN(C(=O)CC3CCCC3)CC2C1=O. The van der Waals surface area contributed by atoms with E-state index in [1.165, 1.54) is 12.8 Å². The zero-order valence-corrected chi connectivity index (χ0v) is 15.6. The largest absolute Gasteiger partial charge is 0.340 e. The number of hydrogen-bond donors (Lipinski definition) is 0. The molecule has 0 N–H and O–H groups in total. The quantitative estimate of drug-likeness (QED) is 0.773. The molecule has 1 atom stereocenters. The highest BCUT2D eigenvalue weighted by Gasteiger charge is 2.42. The fraction of sp³-hybridized carbons (Fsp3) is 0.842. The summed E-state index contributed by atoms with van der Waals surface area (Å²) < 4.78 is 0. The van der Waals surface area contributed by atoms with E-state index >= 15 is 0 Å². The lowest BCUT2D eigenvalue weighted by Crippen LogP contribution is -2.62. The van der Waals surface area contributed by atoms with E-state index < -0.39 is 6.04 Å². The molecule has 2 heterocycles. The Kier molecular flexibility index (Phi) is 5.64. The van der Waals surface area contributed by atoms with Crippen molar-refractivity contribution >= 4 is 17.7 Å². The Hall–Kier alpha value is -1.59. The van der Waals surface area contributed by atoms with Gasteiger partial charge in [0.25, 0.3) is 0 Å². The first-order valence-corrected chi connectivity index (χ1v) is 9.81. The molecule has 3 aliphatic rings. The fourth-order valence-electron chi connectivity index (χ4n) is 4.45. The Bertz CT molecular complexity index is 528. The minimum absolute atomic E-state index is 0.00821. The van der Waals surface area contributed by atoms with Gasteiger partial charge in [0.05, 0.1) is 13.1 Å². The second kappa shape index (κ2) is 7.75. The van der Waals surface area contributed by atoms with E-state index in [0.29, 0.717) is 44.4 Å². The topological polar surface area (TPSA) is 60.9 Å². The van der Waals surface area contributed by atoms with Crippen LogP contribution in [0.5, 0.6) is 0 Å². The van der Waals surface area contributed by atoms with Crippen LogP contribution in [0, 0.1) is 11.8 Å². The Labute approximate surface area is 150 Å². The molecule has 3 amide bonds. The minimum Gasteiger partial charge on any atom is -0.340 e. The molecule has 0 spiro atoms. The minimum atomic E-state index is -0.491. The molecule has 1 unspecified atom stereocenters. The molecule has 3 fully saturated rings. The van der Waals surface area contributed by atoms with Crippen LogP contribution in [0.4, 0.5) is 0 Å². The number of hydrogen-bond acceptors (Lipinski definition) is 3. The molecule has 3 rings (SSSR count). The number of piperazine rings is 1. The summed E-state index contributed by atoms with van der Waals surface area (Å²) in [5.41, 5.74) is 0. The van der Waals surface area contributed by atoms with Crippen LogP contribution in [0.15, 0.2) is 0 Å². The summed E-state index contributed by atoms with van der Waals surface area (Å²) >= 11 is 0. The monoisotopic (exact) mass is 349 g/mol. The normalized spacial score (nSPS) is 25.6. The molecule has 0 aromatic heterocycles. The molecule has 1 aliphatic carbocycles. The molecular formula is C19H31N3O3. The Morgan fingerprint density at radius 2 is 1.84 bits per heavy atom. The highest BCUT2D eigenvalue weighted by Crippen LogP contribution is 2.28. The van der Waals surface area contributed by atoms with Gasteiger partial charge >= 0.3 is 0 Å². The van der Waals surface area contributed by atoms with Crippen molar-refractivity contribution in [1.29, 1.82) is 0 Å². The van der Waals surface area contributed by atoms with E-state index in [-0.39, 0.29) is 24.3 Å². The number of carbonyl (C=O) groups excluding carboxylic acids is 3. The summed E-state index contributed by atoms with van der Waals surface area (Å²) in [6, 6.07) is -0.491. The maximum atomic E-state index is 12.9. The Morgan fingerprint density at radius 3 is 2.52 bits per heavy atom. The average Bonchev–Trinajstić information content (AvgIpc) is 2.94. The lowest BCUT2D eigenvalue weighted by atomic mass is 10.0. The van der Waals surface area contributed by atoms with Gasteiger partial charge in [0, 0.05) is 26.1 Å². The maximum absolute atomic E-state index is 12.9. The number of nitrogens with zero attached hydrogens (tertiary/aromatic N) is 3. The van der Waals surface area contributed by atoms with Gasteiger partial charge < -0.3 is 14.7 Å². The van der Waals surface area contributed by atoms with Crippen LogP contribution in [0.2, 0.25) is 0 Å². The average molecular weight is 349 g/mol. The third kappa shape index (κ3) is 4.15. The molecule has 0 aromatic carbocycles. The predicted octanol–water partition coefficient (Wildman–Crippen LogP) is 1.49. The zero-order chi connectivity index (χ0) is 18.0. The summed E-state index contributed by atoms with van der Waals surface area (Å²) in [6.07, 6.45) is 6.11. The van der Waals surface area contributed by atoms with Crippen LogP contribution in [0.3, 0.4) is 0 Å². The van der Waals surface area contributed by atoms with Crippen molar-refractivity contribution in [3.63, 3.8) is 0 Å². The van der Waals surface area contributed by atoms with Crippen LogP contribution in [0.25, 0.3) is 0 Å². The van der Waals surface area contributed by atoms with E-state index in [1.54, 1.807) is 9.80 Å². The van der Waals surface area contributed by atoms with Crippen molar-refractivity contribution in [3.05, 3.63) is 0 Å². The molecule has 1 saturated carbocycles. The molecule has 6 nitrogen and oxygen atoms in total. The van der Waals surface area contributed by atoms with Gasteiger partial charge in [-0.25, -0.2) is 0 Å². The van der Waals surface area contributed by atoms with E-state index in [0.717, 1.165) is 19.3 Å². The second-order valence-electron chi connectivity index (χ2n) is 8.26. The molecule has 25 heavy (non-hydrogen) atoms. The van der Waals surface area contributed by atoms with Gasteiger partial charge in [-0.15, -0.1) is 0 Å². The Morgan fingerprint density at radius 1 is 1.12 bits per heavy atom. The number of amides is 3. The standard InChI is InChI=1S/C19H31N3O3/c1-14(2)11-21-13-18(24)22-9-5-8-20(12-16(22)19(21)25)17(23)10-15-6-3-4-7-15/h14-16H,3-13H2,1-2H3.